The van der Waals surface area contributed by atoms with Gasteiger partial charge in [-0.1, -0.05) is 6.07 Å². The topological polar surface area (TPSA) is 60.8 Å². The van der Waals surface area contributed by atoms with E-state index in [4.69, 9.17) is 0 Å². The van der Waals surface area contributed by atoms with Crippen molar-refractivity contribution in [3.63, 3.8) is 0 Å². The van der Waals surface area contributed by atoms with Gasteiger partial charge >= 0.3 is 5.97 Å². The summed E-state index contributed by atoms with van der Waals surface area (Å²) in [5, 5.41) is 19.5. The molecule has 4 nitrogen and oxygen atoms in total. The second-order valence-corrected chi connectivity index (χ2v) is 5.02. The summed E-state index contributed by atoms with van der Waals surface area (Å²) in [6.07, 6.45) is 2.05. The van der Waals surface area contributed by atoms with E-state index in [1.165, 1.54) is 0 Å². The standard InChI is InChI=1S/C13H15NO3/c1-14-7-4-8-10(14)3-2-9(11(8)15)13(5-6-13)12(16)17/h2-3,15H,4-7H2,1H3,(H,16,17). The third-order valence-corrected chi connectivity index (χ3v) is 4.04. The molecular weight excluding hydrogens is 218 g/mol. The number of phenolic OH excluding ortho intramolecular Hbond substituents is 1. The van der Waals surface area contributed by atoms with E-state index in [2.05, 4.69) is 4.90 Å². The van der Waals surface area contributed by atoms with Gasteiger partial charge in [-0.15, -0.1) is 0 Å². The van der Waals surface area contributed by atoms with Crippen molar-refractivity contribution in [2.75, 3.05) is 18.5 Å². The highest BCUT2D eigenvalue weighted by Gasteiger charge is 2.53. The number of rotatable bonds is 2. The fourth-order valence-corrected chi connectivity index (χ4v) is 2.74. The van der Waals surface area contributed by atoms with Gasteiger partial charge in [0.05, 0.1) is 5.41 Å². The van der Waals surface area contributed by atoms with Gasteiger partial charge in [0.15, 0.2) is 0 Å². The van der Waals surface area contributed by atoms with E-state index in [1.807, 2.05) is 13.1 Å². The molecule has 0 spiro atoms. The highest BCUT2D eigenvalue weighted by atomic mass is 16.4. The number of nitrogens with zero attached hydrogens (tertiary/aromatic N) is 1. The van der Waals surface area contributed by atoms with Gasteiger partial charge in [-0.2, -0.15) is 0 Å². The van der Waals surface area contributed by atoms with Crippen LogP contribution in [0.1, 0.15) is 24.0 Å². The first-order valence-electron chi connectivity index (χ1n) is 5.86. The molecule has 1 heterocycles. The van der Waals surface area contributed by atoms with E-state index in [-0.39, 0.29) is 5.75 Å². The molecule has 0 atom stereocenters. The lowest BCUT2D eigenvalue weighted by atomic mass is 9.92. The van der Waals surface area contributed by atoms with E-state index in [1.54, 1.807) is 6.07 Å². The first-order valence-corrected chi connectivity index (χ1v) is 5.86. The van der Waals surface area contributed by atoms with E-state index >= 15 is 0 Å². The maximum absolute atomic E-state index is 11.3. The average Bonchev–Trinajstić information content (AvgIpc) is 3.00. The molecule has 0 radical (unpaired) electrons. The maximum atomic E-state index is 11.3. The van der Waals surface area contributed by atoms with Gasteiger partial charge in [-0.05, 0) is 25.3 Å². The number of aromatic hydroxyl groups is 1. The van der Waals surface area contributed by atoms with Crippen molar-refractivity contribution in [1.29, 1.82) is 0 Å². The largest absolute Gasteiger partial charge is 0.507 e. The fourth-order valence-electron chi connectivity index (χ4n) is 2.74. The zero-order chi connectivity index (χ0) is 12.2. The Balaban J connectivity index is 2.12. The van der Waals surface area contributed by atoms with Gasteiger partial charge in [0.25, 0.3) is 0 Å². The van der Waals surface area contributed by atoms with Gasteiger partial charge in [0.2, 0.25) is 0 Å². The number of anilines is 1. The molecule has 3 rings (SSSR count). The van der Waals surface area contributed by atoms with Crippen LogP contribution in [0.15, 0.2) is 12.1 Å². The molecule has 17 heavy (non-hydrogen) atoms. The summed E-state index contributed by atoms with van der Waals surface area (Å²) in [4.78, 5) is 13.4. The van der Waals surface area contributed by atoms with Crippen LogP contribution in [0.2, 0.25) is 0 Å². The third kappa shape index (κ3) is 1.27. The number of benzene rings is 1. The molecule has 1 fully saturated rings. The Hall–Kier alpha value is -1.71. The van der Waals surface area contributed by atoms with Crippen LogP contribution in [0.5, 0.6) is 5.75 Å². The first kappa shape index (κ1) is 10.4. The van der Waals surface area contributed by atoms with Crippen LogP contribution in [0.3, 0.4) is 0 Å². The zero-order valence-electron chi connectivity index (χ0n) is 9.73. The Morgan fingerprint density at radius 2 is 2.12 bits per heavy atom. The molecule has 0 amide bonds. The van der Waals surface area contributed by atoms with Crippen molar-refractivity contribution in [3.8, 4) is 5.75 Å². The van der Waals surface area contributed by atoms with Crippen molar-refractivity contribution in [3.05, 3.63) is 23.3 Å². The van der Waals surface area contributed by atoms with Gasteiger partial charge in [0, 0.05) is 30.4 Å². The van der Waals surface area contributed by atoms with Crippen LogP contribution in [0.4, 0.5) is 5.69 Å². The molecule has 0 saturated heterocycles. The number of fused-ring (bicyclic) bond motifs is 1. The molecule has 4 heteroatoms. The number of hydrogen-bond donors (Lipinski definition) is 2. The Morgan fingerprint density at radius 3 is 2.71 bits per heavy atom. The molecule has 1 saturated carbocycles. The number of carboxylic acids is 1. The monoisotopic (exact) mass is 233 g/mol. The van der Waals surface area contributed by atoms with Crippen molar-refractivity contribution >= 4 is 11.7 Å². The minimum absolute atomic E-state index is 0.201. The van der Waals surface area contributed by atoms with Crippen LogP contribution in [0.25, 0.3) is 0 Å². The third-order valence-electron chi connectivity index (χ3n) is 4.04. The SMILES string of the molecule is CN1CCc2c1ccc(C1(C(=O)O)CC1)c2O. The lowest BCUT2D eigenvalue weighted by molar-refractivity contribution is -0.140. The van der Waals surface area contributed by atoms with Crippen LogP contribution in [-0.4, -0.2) is 29.8 Å². The number of phenols is 1. The van der Waals surface area contributed by atoms with Crippen LogP contribution in [-0.2, 0) is 16.6 Å². The fraction of sp³-hybridized carbons (Fsp3) is 0.462. The highest BCUT2D eigenvalue weighted by Crippen LogP contribution is 2.53. The Morgan fingerprint density at radius 1 is 1.41 bits per heavy atom. The van der Waals surface area contributed by atoms with Crippen LogP contribution in [0, 0.1) is 0 Å². The van der Waals surface area contributed by atoms with Gasteiger partial charge in [-0.25, -0.2) is 0 Å². The summed E-state index contributed by atoms with van der Waals surface area (Å²) in [6, 6.07) is 3.71. The predicted molar refractivity (Wildman–Crippen MR) is 63.6 cm³/mol. The predicted octanol–water partition coefficient (Wildman–Crippen LogP) is 1.50. The second-order valence-electron chi connectivity index (χ2n) is 5.02. The number of carboxylic acid groups (broad SMARTS) is 1. The molecule has 1 aromatic carbocycles. The van der Waals surface area contributed by atoms with Crippen LogP contribution >= 0.6 is 0 Å². The van der Waals surface area contributed by atoms with Crippen LogP contribution < -0.4 is 4.90 Å². The van der Waals surface area contributed by atoms with Crippen molar-refractivity contribution in [2.24, 2.45) is 0 Å². The molecule has 90 valence electrons. The van der Waals surface area contributed by atoms with E-state index in [0.717, 1.165) is 24.2 Å². The molecule has 1 aliphatic carbocycles. The Kier molecular flexibility index (Phi) is 1.94. The summed E-state index contributed by atoms with van der Waals surface area (Å²) in [5.74, 6) is -0.620. The summed E-state index contributed by atoms with van der Waals surface area (Å²) in [7, 11) is 1.98. The lowest BCUT2D eigenvalue weighted by Gasteiger charge is -2.17. The van der Waals surface area contributed by atoms with E-state index < -0.39 is 11.4 Å². The molecular formula is C13H15NO3. The summed E-state index contributed by atoms with van der Waals surface area (Å²) >= 11 is 0. The average molecular weight is 233 g/mol. The normalized spacial score (nSPS) is 20.2. The number of aliphatic carboxylic acids is 1. The Labute approximate surface area is 99.5 Å². The minimum Gasteiger partial charge on any atom is -0.507 e. The lowest BCUT2D eigenvalue weighted by Crippen LogP contribution is -2.20. The molecule has 0 bridgehead atoms. The van der Waals surface area contributed by atoms with Crippen molar-refractivity contribution in [2.45, 2.75) is 24.7 Å². The number of carbonyl (C=O) groups is 1. The number of hydrogen-bond acceptors (Lipinski definition) is 3. The molecule has 2 aliphatic rings. The van der Waals surface area contributed by atoms with Gasteiger partial charge in [-0.3, -0.25) is 4.79 Å². The molecule has 0 aromatic heterocycles. The molecule has 1 aromatic rings. The molecule has 0 unspecified atom stereocenters. The summed E-state index contributed by atoms with van der Waals surface area (Å²) in [5.41, 5.74) is 1.70. The number of likely N-dealkylation sites (N-methyl/N-ethyl adjacent to an activating group) is 1. The second kappa shape index (κ2) is 3.15. The van der Waals surface area contributed by atoms with Gasteiger partial charge < -0.3 is 15.1 Å². The first-order chi connectivity index (χ1) is 8.06. The zero-order valence-corrected chi connectivity index (χ0v) is 9.73. The molecule has 1 aliphatic heterocycles. The van der Waals surface area contributed by atoms with E-state index in [0.29, 0.717) is 18.4 Å². The van der Waals surface area contributed by atoms with Gasteiger partial charge in [0.1, 0.15) is 5.75 Å². The van der Waals surface area contributed by atoms with E-state index in [9.17, 15) is 15.0 Å². The summed E-state index contributed by atoms with van der Waals surface area (Å²) < 4.78 is 0. The van der Waals surface area contributed by atoms with Crippen molar-refractivity contribution in [1.82, 2.24) is 0 Å². The minimum atomic E-state index is -0.820. The van der Waals surface area contributed by atoms with Crippen molar-refractivity contribution < 1.29 is 15.0 Å². The summed E-state index contributed by atoms with van der Waals surface area (Å²) in [6.45, 7) is 0.881. The molecule has 2 N–H and O–H groups in total. The smallest absolute Gasteiger partial charge is 0.314 e. The Bertz CT molecular complexity index is 506. The maximum Gasteiger partial charge on any atom is 0.314 e. The highest BCUT2D eigenvalue weighted by molar-refractivity contribution is 5.87. The quantitative estimate of drug-likeness (QED) is 0.812.